The molecule has 0 atom stereocenters. The SMILES string of the molecule is COc1ccc(S(=O)(=O)N(C)CCc2ccccc2)cc1N1CCN(S(=O)(=O)c2ccc(C)cc2)CC1. The molecule has 0 radical (unpaired) electrons. The third-order valence-corrected chi connectivity index (χ3v) is 10.4. The van der Waals surface area contributed by atoms with E-state index in [9.17, 15) is 16.8 Å². The van der Waals surface area contributed by atoms with E-state index in [0.29, 0.717) is 37.5 Å². The van der Waals surface area contributed by atoms with Crippen LogP contribution in [0.5, 0.6) is 5.75 Å². The van der Waals surface area contributed by atoms with Gasteiger partial charge in [-0.05, 0) is 49.2 Å². The molecule has 0 N–H and O–H groups in total. The summed E-state index contributed by atoms with van der Waals surface area (Å²) >= 11 is 0. The number of ether oxygens (including phenoxy) is 1. The maximum absolute atomic E-state index is 13.3. The lowest BCUT2D eigenvalue weighted by Gasteiger charge is -2.36. The maximum Gasteiger partial charge on any atom is 0.243 e. The van der Waals surface area contributed by atoms with E-state index in [0.717, 1.165) is 11.1 Å². The largest absolute Gasteiger partial charge is 0.495 e. The van der Waals surface area contributed by atoms with E-state index in [2.05, 4.69) is 0 Å². The highest BCUT2D eigenvalue weighted by molar-refractivity contribution is 7.89. The van der Waals surface area contributed by atoms with Gasteiger partial charge in [0.1, 0.15) is 5.75 Å². The standard InChI is InChI=1S/C27H33N3O5S2/c1-22-9-11-24(12-10-22)37(33,34)30-19-17-29(18-20-30)26-21-25(13-14-27(26)35-3)36(31,32)28(2)16-15-23-7-5-4-6-8-23/h4-14,21H,15-20H2,1-3H3. The van der Waals surface area contributed by atoms with Crippen molar-refractivity contribution in [2.24, 2.45) is 0 Å². The minimum Gasteiger partial charge on any atom is -0.495 e. The molecule has 37 heavy (non-hydrogen) atoms. The fourth-order valence-corrected chi connectivity index (χ4v) is 6.95. The van der Waals surface area contributed by atoms with Crippen molar-refractivity contribution in [2.75, 3.05) is 51.8 Å². The third kappa shape index (κ3) is 5.98. The van der Waals surface area contributed by atoms with Gasteiger partial charge in [-0.1, -0.05) is 48.0 Å². The number of nitrogens with zero attached hydrogens (tertiary/aromatic N) is 3. The fourth-order valence-electron chi connectivity index (χ4n) is 4.34. The van der Waals surface area contributed by atoms with E-state index in [1.807, 2.05) is 42.2 Å². The molecule has 0 saturated carbocycles. The molecule has 1 heterocycles. The molecule has 4 rings (SSSR count). The summed E-state index contributed by atoms with van der Waals surface area (Å²) in [5.74, 6) is 0.542. The van der Waals surface area contributed by atoms with Crippen molar-refractivity contribution in [2.45, 2.75) is 23.1 Å². The Morgan fingerprint density at radius 3 is 2.08 bits per heavy atom. The zero-order valence-electron chi connectivity index (χ0n) is 21.4. The van der Waals surface area contributed by atoms with Gasteiger partial charge in [0.25, 0.3) is 0 Å². The van der Waals surface area contributed by atoms with Crippen molar-refractivity contribution in [1.82, 2.24) is 8.61 Å². The molecule has 0 unspecified atom stereocenters. The number of rotatable bonds is 9. The van der Waals surface area contributed by atoms with E-state index in [-0.39, 0.29) is 22.9 Å². The lowest BCUT2D eigenvalue weighted by molar-refractivity contribution is 0.378. The Labute approximate surface area is 220 Å². The molecule has 1 saturated heterocycles. The van der Waals surface area contributed by atoms with Gasteiger partial charge in [-0.3, -0.25) is 0 Å². The summed E-state index contributed by atoms with van der Waals surface area (Å²) in [7, 11) is -4.20. The van der Waals surface area contributed by atoms with Gasteiger partial charge in [-0.15, -0.1) is 0 Å². The van der Waals surface area contributed by atoms with Crippen molar-refractivity contribution < 1.29 is 21.6 Å². The second kappa shape index (κ2) is 11.2. The smallest absolute Gasteiger partial charge is 0.243 e. The van der Waals surface area contributed by atoms with E-state index in [1.165, 1.54) is 15.7 Å². The molecule has 1 fully saturated rings. The molecule has 3 aromatic rings. The number of anilines is 1. The lowest BCUT2D eigenvalue weighted by atomic mass is 10.2. The van der Waals surface area contributed by atoms with Crippen molar-refractivity contribution >= 4 is 25.7 Å². The maximum atomic E-state index is 13.3. The number of hydrogen-bond acceptors (Lipinski definition) is 6. The van der Waals surface area contributed by atoms with Crippen molar-refractivity contribution in [3.8, 4) is 5.75 Å². The van der Waals surface area contributed by atoms with Gasteiger partial charge in [0.2, 0.25) is 20.0 Å². The van der Waals surface area contributed by atoms with Crippen molar-refractivity contribution in [1.29, 1.82) is 0 Å². The predicted molar refractivity (Wildman–Crippen MR) is 145 cm³/mol. The van der Waals surface area contributed by atoms with Gasteiger partial charge >= 0.3 is 0 Å². The summed E-state index contributed by atoms with van der Waals surface area (Å²) in [6.07, 6.45) is 0.608. The zero-order valence-corrected chi connectivity index (χ0v) is 23.0. The highest BCUT2D eigenvalue weighted by Gasteiger charge is 2.30. The molecular formula is C27H33N3O5S2. The van der Waals surface area contributed by atoms with Crippen LogP contribution in [0.1, 0.15) is 11.1 Å². The summed E-state index contributed by atoms with van der Waals surface area (Å²) in [6, 6.07) is 21.4. The summed E-state index contributed by atoms with van der Waals surface area (Å²) in [4.78, 5) is 2.42. The van der Waals surface area contributed by atoms with Gasteiger partial charge in [-0.2, -0.15) is 4.31 Å². The highest BCUT2D eigenvalue weighted by atomic mass is 32.2. The molecule has 0 aliphatic carbocycles. The van der Waals surface area contributed by atoms with Crippen LogP contribution in [0.25, 0.3) is 0 Å². The molecular weight excluding hydrogens is 510 g/mol. The number of piperazine rings is 1. The Morgan fingerprint density at radius 1 is 0.838 bits per heavy atom. The molecule has 0 bridgehead atoms. The first kappa shape index (κ1) is 27.1. The van der Waals surface area contributed by atoms with E-state index < -0.39 is 20.0 Å². The highest BCUT2D eigenvalue weighted by Crippen LogP contribution is 2.33. The topological polar surface area (TPSA) is 87.2 Å². The van der Waals surface area contributed by atoms with Gasteiger partial charge in [-0.25, -0.2) is 21.1 Å². The van der Waals surface area contributed by atoms with Crippen LogP contribution in [0.15, 0.2) is 82.6 Å². The van der Waals surface area contributed by atoms with Gasteiger partial charge in [0.05, 0.1) is 22.6 Å². The monoisotopic (exact) mass is 543 g/mol. The minimum absolute atomic E-state index is 0.175. The Balaban J connectivity index is 1.49. The number of sulfonamides is 2. The summed E-state index contributed by atoms with van der Waals surface area (Å²) in [6.45, 7) is 3.66. The molecule has 8 nitrogen and oxygen atoms in total. The fraction of sp³-hybridized carbons (Fsp3) is 0.333. The second-order valence-electron chi connectivity index (χ2n) is 9.10. The first-order valence-corrected chi connectivity index (χ1v) is 15.0. The van der Waals surface area contributed by atoms with Gasteiger partial charge in [0, 0.05) is 39.8 Å². The Hall–Kier alpha value is -2.92. The Morgan fingerprint density at radius 2 is 1.46 bits per heavy atom. The first-order chi connectivity index (χ1) is 17.6. The number of methoxy groups -OCH3 is 1. The molecule has 0 amide bonds. The van der Waals surface area contributed by atoms with Crippen LogP contribution in [-0.4, -0.2) is 72.3 Å². The summed E-state index contributed by atoms with van der Waals surface area (Å²) in [5, 5.41) is 0. The summed E-state index contributed by atoms with van der Waals surface area (Å²) in [5.41, 5.74) is 2.70. The lowest BCUT2D eigenvalue weighted by Crippen LogP contribution is -2.48. The molecule has 1 aliphatic heterocycles. The Bertz CT molecular complexity index is 1420. The molecule has 198 valence electrons. The zero-order chi connectivity index (χ0) is 26.6. The quantitative estimate of drug-likeness (QED) is 0.411. The summed E-state index contributed by atoms with van der Waals surface area (Å²) < 4.78 is 61.2. The first-order valence-electron chi connectivity index (χ1n) is 12.1. The van der Waals surface area contributed by atoms with Crippen LogP contribution in [0.4, 0.5) is 5.69 Å². The van der Waals surface area contributed by atoms with Crippen molar-refractivity contribution in [3.05, 3.63) is 83.9 Å². The molecule has 0 spiro atoms. The van der Waals surface area contributed by atoms with Gasteiger partial charge < -0.3 is 9.64 Å². The number of benzene rings is 3. The Kier molecular flexibility index (Phi) is 8.23. The van der Waals surface area contributed by atoms with E-state index in [1.54, 1.807) is 49.5 Å². The minimum atomic E-state index is -3.72. The van der Waals surface area contributed by atoms with Crippen LogP contribution >= 0.6 is 0 Å². The van der Waals surface area contributed by atoms with Gasteiger partial charge in [0.15, 0.2) is 0 Å². The molecule has 1 aliphatic rings. The number of aryl methyl sites for hydroxylation is 1. The average Bonchev–Trinajstić information content (AvgIpc) is 2.92. The third-order valence-electron chi connectivity index (χ3n) is 6.65. The second-order valence-corrected chi connectivity index (χ2v) is 13.1. The normalized spacial score (nSPS) is 15.2. The van der Waals surface area contributed by atoms with Crippen LogP contribution in [0, 0.1) is 6.92 Å². The van der Waals surface area contributed by atoms with Crippen LogP contribution in [-0.2, 0) is 26.5 Å². The molecule has 0 aromatic heterocycles. The number of likely N-dealkylation sites (N-methyl/N-ethyl adjacent to an activating group) is 1. The van der Waals surface area contributed by atoms with Crippen LogP contribution < -0.4 is 9.64 Å². The van der Waals surface area contributed by atoms with E-state index >= 15 is 0 Å². The number of hydrogen-bond donors (Lipinski definition) is 0. The van der Waals surface area contributed by atoms with E-state index in [4.69, 9.17) is 4.74 Å². The average molecular weight is 544 g/mol. The van der Waals surface area contributed by atoms with Crippen LogP contribution in [0.2, 0.25) is 0 Å². The van der Waals surface area contributed by atoms with Crippen molar-refractivity contribution in [3.63, 3.8) is 0 Å². The van der Waals surface area contributed by atoms with Crippen LogP contribution in [0.3, 0.4) is 0 Å². The molecule has 3 aromatic carbocycles. The predicted octanol–water partition coefficient (Wildman–Crippen LogP) is 3.38. The molecule has 10 heteroatoms.